The van der Waals surface area contributed by atoms with Crippen LogP contribution in [0.25, 0.3) is 0 Å². The molecular weight excluding hydrogens is 284 g/mol. The largest absolute Gasteiger partial charge is 0.340 e. The Kier molecular flexibility index (Phi) is 3.97. The number of nitrogens with one attached hydrogen (secondary N) is 1. The number of nitrogens with zero attached hydrogens (tertiary/aromatic N) is 1. The average molecular weight is 310 g/mol. The lowest BCUT2D eigenvalue weighted by atomic mass is 9.85. The number of carbonyl (C=O) groups excluding carboxylic acids is 2. The maximum absolute atomic E-state index is 13.2. The fraction of sp³-hybridized carbons (Fsp3) is 0.875. The minimum atomic E-state index is -0.660. The zero-order chi connectivity index (χ0) is 15.2. The molecule has 3 fully saturated rings. The Morgan fingerprint density at radius 2 is 1.81 bits per heavy atom. The van der Waals surface area contributed by atoms with Crippen LogP contribution in [0.15, 0.2) is 0 Å². The van der Waals surface area contributed by atoms with Crippen molar-refractivity contribution >= 4 is 23.6 Å². The molecule has 2 heterocycles. The van der Waals surface area contributed by atoms with Crippen LogP contribution in [0.4, 0.5) is 0 Å². The summed E-state index contributed by atoms with van der Waals surface area (Å²) >= 11 is 1.95. The van der Waals surface area contributed by atoms with Crippen molar-refractivity contribution in [1.82, 2.24) is 10.2 Å². The van der Waals surface area contributed by atoms with E-state index >= 15 is 0 Å². The highest BCUT2D eigenvalue weighted by molar-refractivity contribution is 7.99. The summed E-state index contributed by atoms with van der Waals surface area (Å²) in [6, 6.07) is -0.0484. The fourth-order valence-electron chi connectivity index (χ4n) is 3.82. The molecule has 2 unspecified atom stereocenters. The summed E-state index contributed by atoms with van der Waals surface area (Å²) in [5, 5.41) is 3.07. The molecule has 0 aromatic heterocycles. The highest BCUT2D eigenvalue weighted by Crippen LogP contribution is 2.43. The first-order valence-electron chi connectivity index (χ1n) is 8.17. The fourth-order valence-corrected chi connectivity index (χ4v) is 4.90. The van der Waals surface area contributed by atoms with Crippen LogP contribution in [-0.2, 0) is 9.59 Å². The van der Waals surface area contributed by atoms with Crippen LogP contribution < -0.4 is 5.32 Å². The molecule has 2 amide bonds. The molecule has 0 radical (unpaired) electrons. The normalized spacial score (nSPS) is 35.2. The van der Waals surface area contributed by atoms with Gasteiger partial charge in [0.05, 0.1) is 0 Å². The van der Waals surface area contributed by atoms with Crippen molar-refractivity contribution in [2.75, 3.05) is 11.5 Å². The molecule has 0 bridgehead atoms. The van der Waals surface area contributed by atoms with Gasteiger partial charge in [0.1, 0.15) is 11.6 Å². The quantitative estimate of drug-likeness (QED) is 0.868. The number of amides is 2. The number of hydrogen-bond acceptors (Lipinski definition) is 3. The van der Waals surface area contributed by atoms with Crippen LogP contribution in [-0.4, -0.2) is 45.8 Å². The van der Waals surface area contributed by atoms with Gasteiger partial charge in [0.2, 0.25) is 11.8 Å². The van der Waals surface area contributed by atoms with E-state index in [2.05, 4.69) is 5.32 Å². The molecule has 1 N–H and O–H groups in total. The predicted octanol–water partition coefficient (Wildman–Crippen LogP) is 2.03. The maximum Gasteiger partial charge on any atom is 0.249 e. The molecule has 2 aliphatic heterocycles. The first kappa shape index (κ1) is 15.2. The predicted molar refractivity (Wildman–Crippen MR) is 85.1 cm³/mol. The zero-order valence-corrected chi connectivity index (χ0v) is 14.0. The number of thioether (sulfide) groups is 1. The van der Waals surface area contributed by atoms with Gasteiger partial charge >= 0.3 is 0 Å². The van der Waals surface area contributed by atoms with E-state index in [1.54, 1.807) is 0 Å². The van der Waals surface area contributed by atoms with Gasteiger partial charge in [-0.3, -0.25) is 9.59 Å². The summed E-state index contributed by atoms with van der Waals surface area (Å²) < 4.78 is 0. The Labute approximate surface area is 131 Å². The first-order valence-corrected chi connectivity index (χ1v) is 9.33. The molecule has 5 heteroatoms. The van der Waals surface area contributed by atoms with E-state index < -0.39 is 5.54 Å². The lowest BCUT2D eigenvalue weighted by Gasteiger charge is -2.50. The molecule has 0 aromatic rings. The number of rotatable bonds is 3. The first-order chi connectivity index (χ1) is 9.95. The molecule has 3 aliphatic rings. The second-order valence-electron chi connectivity index (χ2n) is 7.21. The lowest BCUT2D eigenvalue weighted by molar-refractivity contribution is -0.160. The van der Waals surface area contributed by atoms with Crippen LogP contribution in [0.1, 0.15) is 46.5 Å². The molecule has 21 heavy (non-hydrogen) atoms. The summed E-state index contributed by atoms with van der Waals surface area (Å²) in [6.07, 6.45) is 4.16. The second kappa shape index (κ2) is 5.49. The van der Waals surface area contributed by atoms with Crippen LogP contribution in [0, 0.1) is 11.8 Å². The van der Waals surface area contributed by atoms with Crippen molar-refractivity contribution in [3.63, 3.8) is 0 Å². The Morgan fingerprint density at radius 1 is 1.19 bits per heavy atom. The van der Waals surface area contributed by atoms with E-state index in [1.165, 1.54) is 0 Å². The van der Waals surface area contributed by atoms with Gasteiger partial charge in [-0.05, 0) is 55.9 Å². The summed E-state index contributed by atoms with van der Waals surface area (Å²) in [7, 11) is 0. The number of hydrogen-bond donors (Lipinski definition) is 1. The maximum atomic E-state index is 13.2. The van der Waals surface area contributed by atoms with Gasteiger partial charge in [-0.2, -0.15) is 11.8 Å². The monoisotopic (exact) mass is 310 g/mol. The Balaban J connectivity index is 1.92. The van der Waals surface area contributed by atoms with Crippen molar-refractivity contribution < 1.29 is 9.59 Å². The molecule has 1 saturated carbocycles. The van der Waals surface area contributed by atoms with E-state index in [-0.39, 0.29) is 29.8 Å². The smallest absolute Gasteiger partial charge is 0.249 e. The minimum absolute atomic E-state index is 0.0530. The van der Waals surface area contributed by atoms with E-state index in [4.69, 9.17) is 0 Å². The molecule has 118 valence electrons. The van der Waals surface area contributed by atoms with E-state index in [9.17, 15) is 9.59 Å². The van der Waals surface area contributed by atoms with Gasteiger partial charge in [-0.15, -0.1) is 0 Å². The highest BCUT2D eigenvalue weighted by Gasteiger charge is 2.57. The Bertz CT molecular complexity index is 444. The summed E-state index contributed by atoms with van der Waals surface area (Å²) in [5.41, 5.74) is -0.660. The molecule has 0 spiro atoms. The van der Waals surface area contributed by atoms with Gasteiger partial charge in [0.25, 0.3) is 0 Å². The van der Waals surface area contributed by atoms with E-state index in [1.807, 2.05) is 37.4 Å². The van der Waals surface area contributed by atoms with Gasteiger partial charge in [-0.1, -0.05) is 13.8 Å². The van der Waals surface area contributed by atoms with Crippen molar-refractivity contribution in [2.24, 2.45) is 11.8 Å². The van der Waals surface area contributed by atoms with Crippen LogP contribution in [0.3, 0.4) is 0 Å². The molecule has 2 atom stereocenters. The molecule has 2 saturated heterocycles. The minimum Gasteiger partial charge on any atom is -0.340 e. The highest BCUT2D eigenvalue weighted by atomic mass is 32.2. The molecule has 0 aromatic carbocycles. The van der Waals surface area contributed by atoms with Crippen molar-refractivity contribution in [3.05, 3.63) is 0 Å². The van der Waals surface area contributed by atoms with Gasteiger partial charge in [0, 0.05) is 6.04 Å². The molecular formula is C16H26N2O2S. The standard InChI is InChI=1S/C16H26N2O2S/c1-10(2)13-14(19)17-16(3,11-4-5-11)15(20)18(13)12-6-8-21-9-7-12/h10-13H,4-9H2,1-3H3,(H,17,19). The van der Waals surface area contributed by atoms with Crippen LogP contribution >= 0.6 is 11.8 Å². The third-order valence-corrected chi connectivity index (χ3v) is 6.29. The van der Waals surface area contributed by atoms with Gasteiger partial charge < -0.3 is 10.2 Å². The molecule has 4 nitrogen and oxygen atoms in total. The third-order valence-electron chi connectivity index (χ3n) is 5.24. The average Bonchev–Trinajstić information content (AvgIpc) is 3.28. The molecule has 1 aliphatic carbocycles. The third kappa shape index (κ3) is 2.58. The molecule has 3 rings (SSSR count). The van der Waals surface area contributed by atoms with Crippen molar-refractivity contribution in [1.29, 1.82) is 0 Å². The van der Waals surface area contributed by atoms with E-state index in [0.29, 0.717) is 5.92 Å². The van der Waals surface area contributed by atoms with Crippen molar-refractivity contribution in [3.8, 4) is 0 Å². The number of carbonyl (C=O) groups is 2. The summed E-state index contributed by atoms with van der Waals surface area (Å²) in [5.74, 6) is 2.91. The number of piperazine rings is 1. The van der Waals surface area contributed by atoms with Gasteiger partial charge in [0.15, 0.2) is 0 Å². The van der Waals surface area contributed by atoms with Crippen LogP contribution in [0.5, 0.6) is 0 Å². The van der Waals surface area contributed by atoms with Crippen molar-refractivity contribution in [2.45, 2.75) is 64.1 Å². The summed E-state index contributed by atoms with van der Waals surface area (Å²) in [6.45, 7) is 6.02. The summed E-state index contributed by atoms with van der Waals surface area (Å²) in [4.78, 5) is 27.8. The topological polar surface area (TPSA) is 49.4 Å². The SMILES string of the molecule is CC(C)C1C(=O)NC(C)(C2CC2)C(=O)N1C1CCSCC1. The Hall–Kier alpha value is -0.710. The van der Waals surface area contributed by atoms with E-state index in [0.717, 1.165) is 37.2 Å². The van der Waals surface area contributed by atoms with Gasteiger partial charge in [-0.25, -0.2) is 0 Å². The second-order valence-corrected chi connectivity index (χ2v) is 8.44. The zero-order valence-electron chi connectivity index (χ0n) is 13.2. The Morgan fingerprint density at radius 3 is 2.33 bits per heavy atom. The van der Waals surface area contributed by atoms with Crippen LogP contribution in [0.2, 0.25) is 0 Å². The lowest BCUT2D eigenvalue weighted by Crippen LogP contribution is -2.73.